The zero-order valence-electron chi connectivity index (χ0n) is 27.8. The largest absolute Gasteiger partial charge is 0.467 e. The van der Waals surface area contributed by atoms with Crippen molar-refractivity contribution >= 4 is 23.5 Å². The second kappa shape index (κ2) is 13.3. The summed E-state index contributed by atoms with van der Waals surface area (Å²) in [6.07, 6.45) is 0. The number of carbonyl (C=O) groups excluding carboxylic acids is 4. The van der Waals surface area contributed by atoms with Crippen molar-refractivity contribution < 1.29 is 28.7 Å². The second-order valence-electron chi connectivity index (χ2n) is 12.6. The van der Waals surface area contributed by atoms with Gasteiger partial charge in [-0.25, -0.2) is 9.59 Å². The Morgan fingerprint density at radius 2 is 0.780 bits per heavy atom. The topological polar surface area (TPSA) is 92.8 Å². The maximum Gasteiger partial charge on any atom is 0.336 e. The van der Waals surface area contributed by atoms with Crippen molar-refractivity contribution in [1.29, 1.82) is 0 Å². The molecule has 6 atom stereocenters. The number of carbonyl (C=O) groups is 4. The summed E-state index contributed by atoms with van der Waals surface area (Å²) in [7, 11) is 2.60. The molecular formula is C42H36N2O6. The monoisotopic (exact) mass is 664 g/mol. The highest BCUT2D eigenvalue weighted by atomic mass is 16.5. The number of hydrogen-bond donors (Lipinski definition) is 0. The Hall–Kier alpha value is -5.70. The molecular weight excluding hydrogens is 628 g/mol. The molecule has 5 aromatic rings. The number of hydrogen-bond acceptors (Lipinski definition) is 8. The normalized spacial score (nSPS) is 24.8. The van der Waals surface area contributed by atoms with Gasteiger partial charge in [0, 0.05) is 24.2 Å². The number of nitrogens with zero attached hydrogens (tertiary/aromatic N) is 2. The van der Waals surface area contributed by atoms with Crippen LogP contribution in [0.1, 0.15) is 55.1 Å². The van der Waals surface area contributed by atoms with Gasteiger partial charge >= 0.3 is 11.9 Å². The molecule has 0 amide bonds. The van der Waals surface area contributed by atoms with Crippen LogP contribution < -0.4 is 0 Å². The van der Waals surface area contributed by atoms with Crippen LogP contribution in [0.5, 0.6) is 0 Å². The molecule has 0 saturated carbocycles. The van der Waals surface area contributed by atoms with E-state index >= 15 is 0 Å². The predicted molar refractivity (Wildman–Crippen MR) is 187 cm³/mol. The quantitative estimate of drug-likeness (QED) is 0.0656. The summed E-state index contributed by atoms with van der Waals surface area (Å²) in [4.78, 5) is 59.7. The van der Waals surface area contributed by atoms with E-state index < -0.39 is 35.1 Å². The van der Waals surface area contributed by atoms with Gasteiger partial charge in [0.1, 0.15) is 0 Å². The molecule has 0 bridgehead atoms. The van der Waals surface area contributed by atoms with Crippen LogP contribution in [0.2, 0.25) is 0 Å². The van der Waals surface area contributed by atoms with Gasteiger partial charge in [-0.2, -0.15) is 0 Å². The Bertz CT molecular complexity index is 1870. The number of benzene rings is 5. The molecule has 6 unspecified atom stereocenters. The third kappa shape index (κ3) is 5.33. The van der Waals surface area contributed by atoms with Crippen LogP contribution in [-0.2, 0) is 32.2 Å². The van der Waals surface area contributed by atoms with Crippen LogP contribution in [0, 0.1) is 0 Å². The van der Waals surface area contributed by atoms with Gasteiger partial charge in [0.25, 0.3) is 0 Å². The van der Waals surface area contributed by atoms with Gasteiger partial charge in [0.15, 0.2) is 11.6 Å². The van der Waals surface area contributed by atoms with Crippen molar-refractivity contribution in [3.05, 3.63) is 179 Å². The summed E-state index contributed by atoms with van der Waals surface area (Å²) in [6, 6.07) is 43.1. The fourth-order valence-electron chi connectivity index (χ4n) is 7.47. The highest BCUT2D eigenvalue weighted by molar-refractivity contribution is 6.21. The maximum atomic E-state index is 14.3. The summed E-state index contributed by atoms with van der Waals surface area (Å²) in [5.74, 6) is -1.95. The van der Waals surface area contributed by atoms with E-state index in [1.54, 1.807) is 48.5 Å². The number of methoxy groups -OCH3 is 2. The van der Waals surface area contributed by atoms with Gasteiger partial charge in [0.05, 0.1) is 26.3 Å². The van der Waals surface area contributed by atoms with Gasteiger partial charge in [-0.1, -0.05) is 146 Å². The molecule has 0 aromatic heterocycles. The van der Waals surface area contributed by atoms with E-state index in [1.165, 1.54) is 14.2 Å². The van der Waals surface area contributed by atoms with Gasteiger partial charge in [0.2, 0.25) is 11.1 Å². The molecule has 2 heterocycles. The van der Waals surface area contributed by atoms with E-state index in [0.717, 1.165) is 22.3 Å². The number of esters is 2. The van der Waals surface area contributed by atoms with Crippen molar-refractivity contribution in [1.82, 2.24) is 9.80 Å². The molecule has 7 rings (SSSR count). The first-order valence-corrected chi connectivity index (χ1v) is 16.5. The molecule has 8 nitrogen and oxygen atoms in total. The van der Waals surface area contributed by atoms with Gasteiger partial charge in [-0.15, -0.1) is 0 Å². The fraction of sp³-hybridized carbons (Fsp3) is 0.190. The second-order valence-corrected chi connectivity index (χ2v) is 12.6. The highest BCUT2D eigenvalue weighted by Gasteiger charge is 2.75. The van der Waals surface area contributed by atoms with Crippen molar-refractivity contribution in [3.63, 3.8) is 0 Å². The Kier molecular flexibility index (Phi) is 8.74. The maximum absolute atomic E-state index is 14.3. The van der Waals surface area contributed by atoms with Crippen LogP contribution in [0.3, 0.4) is 0 Å². The molecule has 5 aromatic carbocycles. The van der Waals surface area contributed by atoms with Crippen LogP contribution >= 0.6 is 0 Å². The lowest BCUT2D eigenvalue weighted by Gasteiger charge is -2.15. The molecule has 0 N–H and O–H groups in total. The van der Waals surface area contributed by atoms with Gasteiger partial charge in [-0.05, 0) is 22.3 Å². The summed E-state index contributed by atoms with van der Waals surface area (Å²) >= 11 is 0. The van der Waals surface area contributed by atoms with E-state index in [-0.39, 0.29) is 11.6 Å². The van der Waals surface area contributed by atoms with Crippen molar-refractivity contribution in [3.8, 4) is 0 Å². The summed E-state index contributed by atoms with van der Waals surface area (Å²) in [6.45, 7) is 0.677. The number of Topliss-reactive ketones (excluding diaryl/α,β-unsaturated/α-hetero) is 2. The van der Waals surface area contributed by atoms with E-state index in [0.29, 0.717) is 24.2 Å². The average Bonchev–Trinajstić information content (AvgIpc) is 4.05. The number of rotatable bonds is 12. The molecule has 250 valence electrons. The SMILES string of the molecule is COC(=O)C1(C(=O)c2ccccc2)C(c2ccc(C3N(Cc4ccccc4)C3(C(=O)OC)C(=O)c3ccccc3)cc2)N1Cc1ccccc1. The van der Waals surface area contributed by atoms with Crippen LogP contribution in [0.25, 0.3) is 0 Å². The lowest BCUT2D eigenvalue weighted by Crippen LogP contribution is -2.40. The smallest absolute Gasteiger partial charge is 0.336 e. The summed E-state index contributed by atoms with van der Waals surface area (Å²) in [5, 5.41) is 0. The lowest BCUT2D eigenvalue weighted by atomic mass is 9.88. The Morgan fingerprint density at radius 3 is 1.08 bits per heavy atom. The third-order valence-corrected chi connectivity index (χ3v) is 9.90. The molecule has 2 saturated heterocycles. The Morgan fingerprint density at radius 1 is 0.480 bits per heavy atom. The molecule has 0 spiro atoms. The van der Waals surface area contributed by atoms with Gasteiger partial charge < -0.3 is 9.47 Å². The minimum atomic E-state index is -1.58. The van der Waals surface area contributed by atoms with E-state index in [2.05, 4.69) is 0 Å². The Labute approximate surface area is 290 Å². The van der Waals surface area contributed by atoms with Crippen molar-refractivity contribution in [2.24, 2.45) is 0 Å². The van der Waals surface area contributed by atoms with Crippen LogP contribution in [-0.4, -0.2) is 58.6 Å². The van der Waals surface area contributed by atoms with Crippen molar-refractivity contribution in [2.75, 3.05) is 14.2 Å². The summed E-state index contributed by atoms with van der Waals surface area (Å²) in [5.41, 5.74) is 1.01. The zero-order chi connectivity index (χ0) is 34.9. The first-order chi connectivity index (χ1) is 24.4. The first-order valence-electron chi connectivity index (χ1n) is 16.5. The third-order valence-electron chi connectivity index (χ3n) is 9.90. The summed E-state index contributed by atoms with van der Waals surface area (Å²) < 4.78 is 10.6. The molecule has 2 aliphatic rings. The number of ether oxygens (including phenoxy) is 2. The zero-order valence-corrected chi connectivity index (χ0v) is 27.8. The molecule has 8 heteroatoms. The average molecular weight is 665 g/mol. The van der Waals surface area contributed by atoms with E-state index in [4.69, 9.17) is 9.47 Å². The molecule has 50 heavy (non-hydrogen) atoms. The Balaban J connectivity index is 1.29. The molecule has 0 radical (unpaired) electrons. The van der Waals surface area contributed by atoms with E-state index in [9.17, 15) is 19.2 Å². The lowest BCUT2D eigenvalue weighted by molar-refractivity contribution is -0.144. The minimum absolute atomic E-state index is 0.339. The standard InChI is InChI=1S/C42H36N2O6/c1-49-39(47)41(37(45)33-19-11-5-12-20-33)35(43(41)27-29-15-7-3-8-16-29)31-23-25-32(26-24-31)36-42(40(48)50-2,38(46)34-21-13-6-14-22-34)44(36)28-30-17-9-4-10-18-30/h3-26,35-36H,27-28H2,1-2H3. The van der Waals surface area contributed by atoms with Crippen LogP contribution in [0.15, 0.2) is 146 Å². The van der Waals surface area contributed by atoms with E-state index in [1.807, 2.05) is 107 Å². The molecule has 2 aliphatic heterocycles. The predicted octanol–water partition coefficient (Wildman–Crippen LogP) is 6.39. The van der Waals surface area contributed by atoms with Crippen molar-refractivity contribution in [2.45, 2.75) is 36.3 Å². The number of ketones is 2. The van der Waals surface area contributed by atoms with Gasteiger partial charge in [-0.3, -0.25) is 19.4 Å². The highest BCUT2D eigenvalue weighted by Crippen LogP contribution is 2.59. The molecule has 2 fully saturated rings. The molecule has 0 aliphatic carbocycles. The minimum Gasteiger partial charge on any atom is -0.467 e. The fourth-order valence-corrected chi connectivity index (χ4v) is 7.47. The van der Waals surface area contributed by atoms with Crippen LogP contribution in [0.4, 0.5) is 0 Å². The first kappa shape index (κ1) is 32.8.